The molecule has 0 saturated carbocycles. The first-order valence-corrected chi connectivity index (χ1v) is 7.88. The molecule has 4 heteroatoms. The normalized spacial score (nSPS) is 17.1. The second kappa shape index (κ2) is 6.17. The molecule has 1 aliphatic rings. The van der Waals surface area contributed by atoms with Crippen LogP contribution in [0.15, 0.2) is 28.7 Å². The molecule has 1 aromatic rings. The maximum absolute atomic E-state index is 12.1. The van der Waals surface area contributed by atoms with Crippen LogP contribution < -0.4 is 4.90 Å². The molecule has 0 atom stereocenters. The summed E-state index contributed by atoms with van der Waals surface area (Å²) in [4.78, 5) is 14.4. The molecule has 1 aliphatic heterocycles. The Morgan fingerprint density at radius 3 is 2.50 bits per heavy atom. The first-order chi connectivity index (χ1) is 9.35. The minimum Gasteiger partial charge on any atom is -0.460 e. The second-order valence-electron chi connectivity index (χ2n) is 6.27. The van der Waals surface area contributed by atoms with E-state index in [0.29, 0.717) is 0 Å². The highest BCUT2D eigenvalue weighted by Crippen LogP contribution is 2.27. The number of piperidine rings is 1. The van der Waals surface area contributed by atoms with Gasteiger partial charge in [-0.2, -0.15) is 0 Å². The van der Waals surface area contributed by atoms with Crippen molar-refractivity contribution >= 4 is 27.6 Å². The van der Waals surface area contributed by atoms with Gasteiger partial charge in [0.1, 0.15) is 5.60 Å². The highest BCUT2D eigenvalue weighted by atomic mass is 79.9. The zero-order chi connectivity index (χ0) is 14.8. The van der Waals surface area contributed by atoms with E-state index in [0.717, 1.165) is 30.4 Å². The lowest BCUT2D eigenvalue weighted by Crippen LogP contribution is -2.38. The summed E-state index contributed by atoms with van der Waals surface area (Å²) >= 11 is 3.50. The van der Waals surface area contributed by atoms with E-state index in [1.165, 1.54) is 5.69 Å². The van der Waals surface area contributed by atoms with Crippen molar-refractivity contribution in [2.45, 2.75) is 39.2 Å². The number of esters is 1. The van der Waals surface area contributed by atoms with Crippen LogP contribution in [0.3, 0.4) is 0 Å². The van der Waals surface area contributed by atoms with E-state index < -0.39 is 5.60 Å². The van der Waals surface area contributed by atoms with E-state index in [1.807, 2.05) is 32.9 Å². The van der Waals surface area contributed by atoms with Gasteiger partial charge in [-0.1, -0.05) is 22.0 Å². The minimum atomic E-state index is -0.390. The molecule has 1 saturated heterocycles. The number of hydrogen-bond acceptors (Lipinski definition) is 3. The first-order valence-electron chi connectivity index (χ1n) is 7.08. The third-order valence-electron chi connectivity index (χ3n) is 3.41. The molecule has 0 bridgehead atoms. The molecule has 0 unspecified atom stereocenters. The van der Waals surface area contributed by atoms with Crippen LogP contribution in [0.2, 0.25) is 0 Å². The number of halogens is 1. The van der Waals surface area contributed by atoms with E-state index in [9.17, 15) is 4.79 Å². The molecular formula is C16H22BrNO2. The summed E-state index contributed by atoms with van der Waals surface area (Å²) in [6.45, 7) is 7.56. The zero-order valence-electron chi connectivity index (χ0n) is 12.4. The molecule has 1 fully saturated rings. The average Bonchev–Trinajstić information content (AvgIpc) is 2.37. The van der Waals surface area contributed by atoms with Crippen LogP contribution >= 0.6 is 15.9 Å². The molecular weight excluding hydrogens is 318 g/mol. The fourth-order valence-electron chi connectivity index (χ4n) is 2.43. The van der Waals surface area contributed by atoms with E-state index in [1.54, 1.807) is 0 Å². The Balaban J connectivity index is 1.91. The molecule has 0 aliphatic carbocycles. The lowest BCUT2D eigenvalue weighted by Gasteiger charge is -2.34. The highest BCUT2D eigenvalue weighted by Gasteiger charge is 2.29. The van der Waals surface area contributed by atoms with Crippen molar-refractivity contribution in [3.63, 3.8) is 0 Å². The third-order valence-corrected chi connectivity index (χ3v) is 3.90. The van der Waals surface area contributed by atoms with Crippen molar-refractivity contribution in [3.8, 4) is 0 Å². The SMILES string of the molecule is CC(C)(C)OC(=O)C1CCN(c2cccc(Br)c2)CC1. The predicted molar refractivity (Wildman–Crippen MR) is 84.9 cm³/mol. The monoisotopic (exact) mass is 339 g/mol. The zero-order valence-corrected chi connectivity index (χ0v) is 13.9. The van der Waals surface area contributed by atoms with Crippen molar-refractivity contribution in [1.29, 1.82) is 0 Å². The summed E-state index contributed by atoms with van der Waals surface area (Å²) in [6.07, 6.45) is 1.73. The van der Waals surface area contributed by atoms with Gasteiger partial charge >= 0.3 is 5.97 Å². The maximum atomic E-state index is 12.1. The molecule has 0 spiro atoms. The number of carbonyl (C=O) groups excluding carboxylic acids is 1. The van der Waals surface area contributed by atoms with Gasteiger partial charge in [-0.25, -0.2) is 0 Å². The summed E-state index contributed by atoms with van der Waals surface area (Å²) in [6, 6.07) is 8.29. The van der Waals surface area contributed by atoms with Crippen LogP contribution in [0.5, 0.6) is 0 Å². The fraction of sp³-hybridized carbons (Fsp3) is 0.562. The number of benzene rings is 1. The van der Waals surface area contributed by atoms with Crippen LogP contribution in [0.4, 0.5) is 5.69 Å². The number of rotatable bonds is 2. The average molecular weight is 340 g/mol. The van der Waals surface area contributed by atoms with Gasteiger partial charge in [0.2, 0.25) is 0 Å². The lowest BCUT2D eigenvalue weighted by atomic mass is 9.96. The Hall–Kier alpha value is -1.03. The van der Waals surface area contributed by atoms with Crippen molar-refractivity contribution < 1.29 is 9.53 Å². The number of carbonyl (C=O) groups is 1. The molecule has 0 N–H and O–H groups in total. The van der Waals surface area contributed by atoms with Gasteiger partial charge in [0.25, 0.3) is 0 Å². The van der Waals surface area contributed by atoms with Gasteiger partial charge in [-0.05, 0) is 51.8 Å². The second-order valence-corrected chi connectivity index (χ2v) is 7.19. The number of hydrogen-bond donors (Lipinski definition) is 0. The summed E-state index contributed by atoms with van der Waals surface area (Å²) in [5.41, 5.74) is 0.820. The fourth-order valence-corrected chi connectivity index (χ4v) is 2.82. The Kier molecular flexibility index (Phi) is 4.74. The van der Waals surface area contributed by atoms with E-state index in [4.69, 9.17) is 4.74 Å². The van der Waals surface area contributed by atoms with Crippen LogP contribution in [0.25, 0.3) is 0 Å². The van der Waals surface area contributed by atoms with Crippen LogP contribution in [0, 0.1) is 5.92 Å². The van der Waals surface area contributed by atoms with Gasteiger partial charge in [0.15, 0.2) is 0 Å². The molecule has 3 nitrogen and oxygen atoms in total. The number of nitrogens with zero attached hydrogens (tertiary/aromatic N) is 1. The van der Waals surface area contributed by atoms with Crippen LogP contribution in [-0.4, -0.2) is 24.7 Å². The summed E-state index contributed by atoms with van der Waals surface area (Å²) in [5, 5.41) is 0. The lowest BCUT2D eigenvalue weighted by molar-refractivity contribution is -0.160. The van der Waals surface area contributed by atoms with Crippen molar-refractivity contribution in [2.75, 3.05) is 18.0 Å². The highest BCUT2D eigenvalue weighted by molar-refractivity contribution is 9.10. The smallest absolute Gasteiger partial charge is 0.309 e. The van der Waals surface area contributed by atoms with Gasteiger partial charge in [0.05, 0.1) is 5.92 Å². The predicted octanol–water partition coefficient (Wildman–Crippen LogP) is 4.01. The Morgan fingerprint density at radius 2 is 1.95 bits per heavy atom. The van der Waals surface area contributed by atoms with E-state index in [2.05, 4.69) is 33.0 Å². The Labute approximate surface area is 129 Å². The standard InChI is InChI=1S/C16H22BrNO2/c1-16(2,3)20-15(19)12-7-9-18(10-8-12)14-6-4-5-13(17)11-14/h4-6,11-12H,7-10H2,1-3H3. The maximum Gasteiger partial charge on any atom is 0.309 e. The van der Waals surface area contributed by atoms with E-state index in [-0.39, 0.29) is 11.9 Å². The Morgan fingerprint density at radius 1 is 1.30 bits per heavy atom. The molecule has 2 rings (SSSR count). The molecule has 0 amide bonds. The molecule has 0 aromatic heterocycles. The van der Waals surface area contributed by atoms with Crippen LogP contribution in [-0.2, 0) is 9.53 Å². The topological polar surface area (TPSA) is 29.5 Å². The molecule has 110 valence electrons. The molecule has 1 heterocycles. The van der Waals surface area contributed by atoms with Gasteiger partial charge in [-0.3, -0.25) is 4.79 Å². The van der Waals surface area contributed by atoms with Gasteiger partial charge in [-0.15, -0.1) is 0 Å². The summed E-state index contributed by atoms with van der Waals surface area (Å²) in [7, 11) is 0. The van der Waals surface area contributed by atoms with Crippen LogP contribution in [0.1, 0.15) is 33.6 Å². The molecule has 0 radical (unpaired) electrons. The van der Waals surface area contributed by atoms with Crippen molar-refractivity contribution in [3.05, 3.63) is 28.7 Å². The summed E-state index contributed by atoms with van der Waals surface area (Å²) in [5.74, 6) is -0.0102. The molecule has 1 aromatic carbocycles. The van der Waals surface area contributed by atoms with Crippen molar-refractivity contribution in [2.24, 2.45) is 5.92 Å². The number of ether oxygens (including phenoxy) is 1. The first kappa shape index (κ1) is 15.4. The Bertz CT molecular complexity index is 474. The van der Waals surface area contributed by atoms with Gasteiger partial charge < -0.3 is 9.64 Å². The minimum absolute atomic E-state index is 0.0395. The van der Waals surface area contributed by atoms with Crippen molar-refractivity contribution in [1.82, 2.24) is 0 Å². The largest absolute Gasteiger partial charge is 0.460 e. The number of anilines is 1. The van der Waals surface area contributed by atoms with Gasteiger partial charge in [0, 0.05) is 23.2 Å². The quantitative estimate of drug-likeness (QED) is 0.762. The van der Waals surface area contributed by atoms with E-state index >= 15 is 0 Å². The molecule has 20 heavy (non-hydrogen) atoms. The summed E-state index contributed by atoms with van der Waals surface area (Å²) < 4.78 is 6.56. The third kappa shape index (κ3) is 4.23.